The van der Waals surface area contributed by atoms with Gasteiger partial charge >= 0.3 is 6.09 Å². The summed E-state index contributed by atoms with van der Waals surface area (Å²) in [6.07, 6.45) is -0.429. The second kappa shape index (κ2) is 11.1. The monoisotopic (exact) mass is 485 g/mol. The first-order valence-electron chi connectivity index (χ1n) is 12.1. The third kappa shape index (κ3) is 5.57. The summed E-state index contributed by atoms with van der Waals surface area (Å²) in [4.78, 5) is 37.8. The van der Waals surface area contributed by atoms with Gasteiger partial charge < -0.3 is 21.1 Å². The van der Waals surface area contributed by atoms with E-state index in [4.69, 9.17) is 10.5 Å². The molecule has 2 atom stereocenters. The van der Waals surface area contributed by atoms with E-state index < -0.39 is 30.0 Å². The van der Waals surface area contributed by atoms with Gasteiger partial charge in [0.15, 0.2) is 0 Å². The minimum absolute atomic E-state index is 0.0837. The fraction of sp³-hybridized carbons (Fsp3) is 0.276. The maximum Gasteiger partial charge on any atom is 0.407 e. The number of nitrogens with one attached hydrogen (secondary N) is 2. The Morgan fingerprint density at radius 1 is 0.833 bits per heavy atom. The SMILES string of the molecule is CC(C)[C@H](NC(=O)OCC1c2ccccc2-c2ccccc21)C(=O)NC(Cc1ccccc1)C(N)=O. The maximum atomic E-state index is 13.0. The number of fused-ring (bicyclic) bond motifs is 3. The first-order valence-corrected chi connectivity index (χ1v) is 12.1. The van der Waals surface area contributed by atoms with Crippen molar-refractivity contribution in [1.82, 2.24) is 10.6 Å². The molecule has 3 amide bonds. The summed E-state index contributed by atoms with van der Waals surface area (Å²) in [5.41, 5.74) is 10.9. The lowest BCUT2D eigenvalue weighted by Crippen LogP contribution is -2.55. The van der Waals surface area contributed by atoms with Gasteiger partial charge in [-0.15, -0.1) is 0 Å². The summed E-state index contributed by atoms with van der Waals surface area (Å²) in [6, 6.07) is 23.7. The number of carbonyl (C=O) groups is 3. The van der Waals surface area contributed by atoms with Gasteiger partial charge in [-0.2, -0.15) is 0 Å². The summed E-state index contributed by atoms with van der Waals surface area (Å²) >= 11 is 0. The number of hydrogen-bond donors (Lipinski definition) is 3. The maximum absolute atomic E-state index is 13.0. The van der Waals surface area contributed by atoms with Crippen LogP contribution >= 0.6 is 0 Å². The first-order chi connectivity index (χ1) is 17.3. The lowest BCUT2D eigenvalue weighted by Gasteiger charge is -2.24. The molecule has 0 saturated carbocycles. The molecule has 0 heterocycles. The van der Waals surface area contributed by atoms with Gasteiger partial charge in [0.05, 0.1) is 0 Å². The Kier molecular flexibility index (Phi) is 7.68. The third-order valence-electron chi connectivity index (χ3n) is 6.51. The fourth-order valence-corrected chi connectivity index (χ4v) is 4.64. The topological polar surface area (TPSA) is 111 Å². The number of ether oxygens (including phenoxy) is 1. The number of primary amides is 1. The van der Waals surface area contributed by atoms with Crippen LogP contribution in [-0.2, 0) is 20.7 Å². The van der Waals surface area contributed by atoms with Crippen LogP contribution in [0.2, 0.25) is 0 Å². The van der Waals surface area contributed by atoms with E-state index in [0.29, 0.717) is 0 Å². The molecule has 0 spiro atoms. The molecule has 186 valence electrons. The highest BCUT2D eigenvalue weighted by Gasteiger charge is 2.31. The van der Waals surface area contributed by atoms with E-state index in [-0.39, 0.29) is 24.9 Å². The molecule has 0 radical (unpaired) electrons. The Labute approximate surface area is 211 Å². The smallest absolute Gasteiger partial charge is 0.407 e. The van der Waals surface area contributed by atoms with E-state index in [2.05, 4.69) is 22.8 Å². The van der Waals surface area contributed by atoms with Crippen molar-refractivity contribution in [3.8, 4) is 11.1 Å². The average molecular weight is 486 g/mol. The normalized spacial score (nSPS) is 13.9. The quantitative estimate of drug-likeness (QED) is 0.429. The molecule has 7 heteroatoms. The van der Waals surface area contributed by atoms with Crippen LogP contribution in [0.25, 0.3) is 11.1 Å². The van der Waals surface area contributed by atoms with E-state index in [1.807, 2.05) is 80.6 Å². The fourth-order valence-electron chi connectivity index (χ4n) is 4.64. The zero-order chi connectivity index (χ0) is 25.7. The van der Waals surface area contributed by atoms with E-state index in [0.717, 1.165) is 27.8 Å². The molecular formula is C29H31N3O4. The standard InChI is InChI=1S/C29H31N3O4/c1-18(2)26(28(34)31-25(27(30)33)16-19-10-4-3-5-11-19)32-29(35)36-17-24-22-14-8-6-12-20(22)21-13-7-9-15-23(21)24/h3-15,18,24-26H,16-17H2,1-2H3,(H2,30,33)(H,31,34)(H,32,35)/t25?,26-/m0/s1. The Hall–Kier alpha value is -4.13. The highest BCUT2D eigenvalue weighted by atomic mass is 16.5. The number of rotatable bonds is 9. The van der Waals surface area contributed by atoms with Crippen molar-refractivity contribution >= 4 is 17.9 Å². The number of nitrogens with two attached hydrogens (primary N) is 1. The van der Waals surface area contributed by atoms with Crippen molar-refractivity contribution in [2.75, 3.05) is 6.61 Å². The van der Waals surface area contributed by atoms with Crippen molar-refractivity contribution in [2.24, 2.45) is 11.7 Å². The van der Waals surface area contributed by atoms with Crippen molar-refractivity contribution in [2.45, 2.75) is 38.3 Å². The van der Waals surface area contributed by atoms with Gasteiger partial charge in [-0.3, -0.25) is 9.59 Å². The summed E-state index contributed by atoms with van der Waals surface area (Å²) in [5, 5.41) is 5.36. The van der Waals surface area contributed by atoms with Gasteiger partial charge in [0, 0.05) is 12.3 Å². The van der Waals surface area contributed by atoms with Crippen LogP contribution in [0.15, 0.2) is 78.9 Å². The molecule has 4 rings (SSSR count). The predicted molar refractivity (Wildman–Crippen MR) is 138 cm³/mol. The molecule has 0 saturated heterocycles. The van der Waals surface area contributed by atoms with E-state index in [1.165, 1.54) is 0 Å². The number of benzene rings is 3. The van der Waals surface area contributed by atoms with Gasteiger partial charge in [0.2, 0.25) is 11.8 Å². The van der Waals surface area contributed by atoms with E-state index in [9.17, 15) is 14.4 Å². The molecule has 1 aliphatic carbocycles. The molecule has 36 heavy (non-hydrogen) atoms. The minimum atomic E-state index is -0.898. The molecule has 1 aliphatic rings. The van der Waals surface area contributed by atoms with Crippen molar-refractivity contribution in [3.05, 3.63) is 95.6 Å². The molecule has 0 fully saturated rings. The predicted octanol–water partition coefficient (Wildman–Crippen LogP) is 3.76. The molecule has 3 aromatic carbocycles. The largest absolute Gasteiger partial charge is 0.449 e. The molecule has 0 aromatic heterocycles. The van der Waals surface area contributed by atoms with Crippen LogP contribution in [0.1, 0.15) is 36.5 Å². The molecule has 3 aromatic rings. The van der Waals surface area contributed by atoms with Crippen LogP contribution in [0.4, 0.5) is 4.79 Å². The molecule has 7 nitrogen and oxygen atoms in total. The van der Waals surface area contributed by atoms with Crippen molar-refractivity contribution in [1.29, 1.82) is 0 Å². The number of carbonyl (C=O) groups excluding carboxylic acids is 3. The molecule has 0 aliphatic heterocycles. The lowest BCUT2D eigenvalue weighted by atomic mass is 9.98. The van der Waals surface area contributed by atoms with Crippen LogP contribution in [0, 0.1) is 5.92 Å². The summed E-state index contributed by atoms with van der Waals surface area (Å²) in [6.45, 7) is 3.76. The highest BCUT2D eigenvalue weighted by molar-refractivity contribution is 5.91. The minimum Gasteiger partial charge on any atom is -0.449 e. The summed E-state index contributed by atoms with van der Waals surface area (Å²) in [7, 11) is 0. The average Bonchev–Trinajstić information content (AvgIpc) is 3.19. The molecule has 0 bridgehead atoms. The van der Waals surface area contributed by atoms with Crippen molar-refractivity contribution in [3.63, 3.8) is 0 Å². The Bertz CT molecular complexity index is 1200. The van der Waals surface area contributed by atoms with Crippen LogP contribution in [-0.4, -0.2) is 36.6 Å². The summed E-state index contributed by atoms with van der Waals surface area (Å²) in [5.74, 6) is -1.45. The molecule has 4 N–H and O–H groups in total. The zero-order valence-electron chi connectivity index (χ0n) is 20.4. The third-order valence-corrected chi connectivity index (χ3v) is 6.51. The van der Waals surface area contributed by atoms with Gasteiger partial charge in [-0.1, -0.05) is 92.7 Å². The first kappa shape index (κ1) is 25.0. The Morgan fingerprint density at radius 3 is 1.94 bits per heavy atom. The Morgan fingerprint density at radius 2 is 1.39 bits per heavy atom. The van der Waals surface area contributed by atoms with Crippen molar-refractivity contribution < 1.29 is 19.1 Å². The van der Waals surface area contributed by atoms with Crippen LogP contribution in [0.5, 0.6) is 0 Å². The zero-order valence-corrected chi connectivity index (χ0v) is 20.4. The number of amides is 3. The number of hydrogen-bond acceptors (Lipinski definition) is 4. The van der Waals surface area contributed by atoms with Crippen LogP contribution < -0.4 is 16.4 Å². The molecule has 1 unspecified atom stereocenters. The second-order valence-electron chi connectivity index (χ2n) is 9.34. The van der Waals surface area contributed by atoms with Crippen LogP contribution in [0.3, 0.4) is 0 Å². The lowest BCUT2D eigenvalue weighted by molar-refractivity contribution is -0.129. The van der Waals surface area contributed by atoms with Gasteiger partial charge in [0.25, 0.3) is 0 Å². The van der Waals surface area contributed by atoms with E-state index in [1.54, 1.807) is 0 Å². The van der Waals surface area contributed by atoms with Gasteiger partial charge in [-0.05, 0) is 33.7 Å². The highest BCUT2D eigenvalue weighted by Crippen LogP contribution is 2.44. The van der Waals surface area contributed by atoms with Gasteiger partial charge in [0.1, 0.15) is 18.7 Å². The van der Waals surface area contributed by atoms with E-state index >= 15 is 0 Å². The Balaban J connectivity index is 1.39. The van der Waals surface area contributed by atoms with Gasteiger partial charge in [-0.25, -0.2) is 4.79 Å². The number of alkyl carbamates (subject to hydrolysis) is 1. The second-order valence-corrected chi connectivity index (χ2v) is 9.34. The summed E-state index contributed by atoms with van der Waals surface area (Å²) < 4.78 is 5.60. The molecular weight excluding hydrogens is 454 g/mol.